The summed E-state index contributed by atoms with van der Waals surface area (Å²) in [4.78, 5) is 38.2. The van der Waals surface area contributed by atoms with Crippen molar-refractivity contribution in [2.75, 3.05) is 0 Å². The zero-order valence-electron chi connectivity index (χ0n) is 13.3. The number of fused-ring (bicyclic) bond motifs is 1. The molecule has 1 aromatic heterocycles. The van der Waals surface area contributed by atoms with Gasteiger partial charge in [-0.2, -0.15) is 0 Å². The first-order chi connectivity index (χ1) is 11.0. The van der Waals surface area contributed by atoms with Crippen LogP contribution in [0, 0.1) is 0 Å². The molecule has 0 spiro atoms. The summed E-state index contributed by atoms with van der Waals surface area (Å²) in [7, 11) is 1.69. The highest BCUT2D eigenvalue weighted by atomic mass is 79.9. The van der Waals surface area contributed by atoms with Gasteiger partial charge in [0.25, 0.3) is 5.91 Å². The van der Waals surface area contributed by atoms with Crippen LogP contribution < -0.4 is 0 Å². The number of Topliss-reactive ketones (excluding diaryl/α,β-unsaturated/α-hetero) is 1. The number of alkyl halides is 1. The zero-order chi connectivity index (χ0) is 18.0. The normalized spacial score (nSPS) is 32.2. The topological polar surface area (TPSA) is 99.8 Å². The van der Waals surface area contributed by atoms with Crippen molar-refractivity contribution in [1.29, 1.82) is 0 Å². The van der Waals surface area contributed by atoms with Crippen molar-refractivity contribution < 1.29 is 24.6 Å². The Morgan fingerprint density at radius 1 is 1.42 bits per heavy atom. The number of amides is 1. The van der Waals surface area contributed by atoms with E-state index in [2.05, 4.69) is 15.9 Å². The van der Waals surface area contributed by atoms with Crippen LogP contribution in [-0.4, -0.2) is 57.8 Å². The molecule has 1 aromatic rings. The molecule has 7 nitrogen and oxygen atoms in total. The second kappa shape index (κ2) is 5.34. The molecular weight excluding hydrogens is 400 g/mol. The van der Waals surface area contributed by atoms with Crippen LogP contribution in [0.5, 0.6) is 0 Å². The minimum atomic E-state index is -1.61. The number of carboxylic acid groups (broad SMARTS) is 1. The van der Waals surface area contributed by atoms with E-state index in [1.165, 1.54) is 16.7 Å². The second-order valence-corrected chi connectivity index (χ2v) is 9.53. The molecule has 1 amide bonds. The Morgan fingerprint density at radius 3 is 2.54 bits per heavy atom. The number of hydrogen-bond acceptors (Lipinski definition) is 5. The molecule has 2 fully saturated rings. The fourth-order valence-corrected chi connectivity index (χ4v) is 5.89. The number of rotatable bonds is 4. The summed E-state index contributed by atoms with van der Waals surface area (Å²) < 4.78 is -0.744. The quantitative estimate of drug-likeness (QED) is 0.429. The average molecular weight is 417 g/mol. The molecule has 2 aliphatic rings. The highest BCUT2D eigenvalue weighted by Gasteiger charge is 2.74. The van der Waals surface area contributed by atoms with Gasteiger partial charge in [0.05, 0.1) is 5.69 Å². The van der Waals surface area contributed by atoms with Crippen LogP contribution in [0.25, 0.3) is 0 Å². The van der Waals surface area contributed by atoms with Gasteiger partial charge in [-0.15, -0.1) is 11.8 Å². The Kier molecular flexibility index (Phi) is 3.89. The predicted molar refractivity (Wildman–Crippen MR) is 90.8 cm³/mol. The smallest absolute Gasteiger partial charge is 0.327 e. The number of nitrogens with zero attached hydrogens (tertiary/aromatic N) is 2. The van der Waals surface area contributed by atoms with Gasteiger partial charge in [0.2, 0.25) is 0 Å². The van der Waals surface area contributed by atoms with Crippen LogP contribution in [0.4, 0.5) is 0 Å². The molecule has 9 heteroatoms. The molecule has 2 saturated heterocycles. The lowest BCUT2D eigenvalue weighted by Gasteiger charge is -2.49. The molecule has 0 bridgehead atoms. The van der Waals surface area contributed by atoms with Crippen LogP contribution >= 0.6 is 27.7 Å². The van der Waals surface area contributed by atoms with Crippen LogP contribution in [-0.2, 0) is 21.4 Å². The standard InChI is InChI=1S/C15H17BrN2O5S/c1-14(2)9(11(21)22)18-12(23)15(16,13(18)24-14)10(20)8(19)7-5-4-6-17(7)3/h4-6,8-9,13,19H,1-3H3,(H,21,22)/t8?,9-,13+,15?/m0/s1. The average Bonchev–Trinajstić information content (AvgIpc) is 3.04. The molecule has 0 aliphatic carbocycles. The van der Waals surface area contributed by atoms with E-state index in [4.69, 9.17) is 0 Å². The van der Waals surface area contributed by atoms with Gasteiger partial charge < -0.3 is 19.7 Å². The van der Waals surface area contributed by atoms with Gasteiger partial charge in [-0.05, 0) is 26.0 Å². The van der Waals surface area contributed by atoms with E-state index in [1.54, 1.807) is 43.8 Å². The minimum Gasteiger partial charge on any atom is -0.480 e. The van der Waals surface area contributed by atoms with Crippen molar-refractivity contribution in [1.82, 2.24) is 9.47 Å². The summed E-state index contributed by atoms with van der Waals surface area (Å²) in [5.41, 5.74) is 0.377. The maximum Gasteiger partial charge on any atom is 0.327 e. The number of aliphatic hydroxyl groups is 1. The maximum atomic E-state index is 12.8. The van der Waals surface area contributed by atoms with Gasteiger partial charge in [0.1, 0.15) is 11.4 Å². The number of carboxylic acids is 1. The number of aliphatic hydroxyl groups excluding tert-OH is 1. The monoisotopic (exact) mass is 416 g/mol. The number of aromatic nitrogens is 1. The third-order valence-corrected chi connectivity index (χ3v) is 7.70. The molecule has 0 saturated carbocycles. The summed E-state index contributed by atoms with van der Waals surface area (Å²) in [5.74, 6) is -2.39. The predicted octanol–water partition coefficient (Wildman–Crippen LogP) is 0.908. The molecule has 4 atom stereocenters. The molecule has 130 valence electrons. The highest BCUT2D eigenvalue weighted by Crippen LogP contribution is 2.58. The molecule has 2 aliphatic heterocycles. The number of aryl methyl sites for hydroxylation is 1. The van der Waals surface area contributed by atoms with E-state index < -0.39 is 44.3 Å². The fourth-order valence-electron chi connectivity index (χ4n) is 3.34. The number of aliphatic carboxylic acids is 1. The third kappa shape index (κ3) is 2.11. The third-order valence-electron chi connectivity index (χ3n) is 4.60. The number of thioether (sulfide) groups is 1. The van der Waals surface area contributed by atoms with E-state index >= 15 is 0 Å². The van der Waals surface area contributed by atoms with Gasteiger partial charge in [-0.1, -0.05) is 15.9 Å². The summed E-state index contributed by atoms with van der Waals surface area (Å²) in [5, 5.41) is 19.2. The van der Waals surface area contributed by atoms with E-state index in [1.807, 2.05) is 0 Å². The number of halogens is 1. The molecule has 2 N–H and O–H groups in total. The largest absolute Gasteiger partial charge is 0.480 e. The Morgan fingerprint density at radius 2 is 2.04 bits per heavy atom. The molecule has 3 heterocycles. The molecule has 24 heavy (non-hydrogen) atoms. The van der Waals surface area contributed by atoms with Gasteiger partial charge in [0, 0.05) is 18.0 Å². The van der Waals surface area contributed by atoms with Gasteiger partial charge in [-0.3, -0.25) is 9.59 Å². The van der Waals surface area contributed by atoms with Gasteiger partial charge in [-0.25, -0.2) is 4.79 Å². The fraction of sp³-hybridized carbons (Fsp3) is 0.533. The minimum absolute atomic E-state index is 0.377. The highest BCUT2D eigenvalue weighted by molar-refractivity contribution is 9.10. The van der Waals surface area contributed by atoms with Crippen molar-refractivity contribution in [2.45, 2.75) is 40.4 Å². The Bertz CT molecular complexity index is 748. The number of carbonyl (C=O) groups is 3. The van der Waals surface area contributed by atoms with Crippen LogP contribution in [0.15, 0.2) is 18.3 Å². The van der Waals surface area contributed by atoms with E-state index in [-0.39, 0.29) is 0 Å². The number of hydrogen-bond donors (Lipinski definition) is 2. The van der Waals surface area contributed by atoms with E-state index in [0.29, 0.717) is 5.69 Å². The first-order valence-corrected chi connectivity index (χ1v) is 8.96. The van der Waals surface area contributed by atoms with Gasteiger partial charge in [0.15, 0.2) is 16.2 Å². The van der Waals surface area contributed by atoms with Crippen LogP contribution in [0.3, 0.4) is 0 Å². The van der Waals surface area contributed by atoms with E-state index in [9.17, 15) is 24.6 Å². The number of β-lactam (4-membered cyclic amide) rings is 1. The first kappa shape index (κ1) is 17.5. The lowest BCUT2D eigenvalue weighted by atomic mass is 9.86. The van der Waals surface area contributed by atoms with Crippen molar-refractivity contribution >= 4 is 45.4 Å². The van der Waals surface area contributed by atoms with Crippen molar-refractivity contribution in [3.8, 4) is 0 Å². The Balaban J connectivity index is 1.93. The Labute approximate surface area is 151 Å². The zero-order valence-corrected chi connectivity index (χ0v) is 15.7. The molecule has 3 rings (SSSR count). The Hall–Kier alpha value is -1.32. The van der Waals surface area contributed by atoms with Crippen molar-refractivity contribution in [2.24, 2.45) is 7.05 Å². The maximum absolute atomic E-state index is 12.8. The summed E-state index contributed by atoms with van der Waals surface area (Å²) in [6.07, 6.45) is 0.221. The summed E-state index contributed by atoms with van der Waals surface area (Å²) in [6, 6.07) is 2.28. The molecule has 0 aromatic carbocycles. The molecule has 2 unspecified atom stereocenters. The SMILES string of the molecule is Cn1cccc1C(O)C(=O)C1(Br)C(=O)N2[C@@H](C(=O)O)C(C)(C)S[C@@H]21. The lowest BCUT2D eigenvalue weighted by molar-refractivity contribution is -0.164. The van der Waals surface area contributed by atoms with Crippen LogP contribution in [0.1, 0.15) is 25.6 Å². The number of ketones is 1. The summed E-state index contributed by atoms with van der Waals surface area (Å²) >= 11 is 4.47. The van der Waals surface area contributed by atoms with Crippen LogP contribution in [0.2, 0.25) is 0 Å². The van der Waals surface area contributed by atoms with Gasteiger partial charge >= 0.3 is 5.97 Å². The number of carbonyl (C=O) groups excluding carboxylic acids is 2. The van der Waals surface area contributed by atoms with Crippen molar-refractivity contribution in [3.05, 3.63) is 24.0 Å². The molecule has 0 radical (unpaired) electrons. The first-order valence-electron chi connectivity index (χ1n) is 7.29. The summed E-state index contributed by atoms with van der Waals surface area (Å²) in [6.45, 7) is 3.46. The molecular formula is C15H17BrN2O5S. The lowest BCUT2D eigenvalue weighted by Crippen LogP contribution is -2.74. The second-order valence-electron chi connectivity index (χ2n) is 6.55. The van der Waals surface area contributed by atoms with Crippen molar-refractivity contribution in [3.63, 3.8) is 0 Å². The van der Waals surface area contributed by atoms with E-state index in [0.717, 1.165) is 0 Å².